The van der Waals surface area contributed by atoms with Gasteiger partial charge in [-0.2, -0.15) is 0 Å². The summed E-state index contributed by atoms with van der Waals surface area (Å²) < 4.78 is 22.6. The van der Waals surface area contributed by atoms with Gasteiger partial charge in [0.2, 0.25) is 21.8 Å². The lowest BCUT2D eigenvalue weighted by molar-refractivity contribution is -0.126. The molecule has 0 bridgehead atoms. The molecule has 9 heteroatoms. The highest BCUT2D eigenvalue weighted by Gasteiger charge is 2.35. The van der Waals surface area contributed by atoms with Crippen molar-refractivity contribution < 1.29 is 18.0 Å². The van der Waals surface area contributed by atoms with Gasteiger partial charge in [-0.3, -0.25) is 9.59 Å². The Hall–Kier alpha value is -2.91. The number of benzene rings is 2. The Kier molecular flexibility index (Phi) is 5.97. The number of carbonyl (C=O) groups excluding carboxylic acids is 2. The van der Waals surface area contributed by atoms with E-state index in [0.717, 1.165) is 30.0 Å². The number of amides is 2. The van der Waals surface area contributed by atoms with Gasteiger partial charge in [-0.05, 0) is 54.8 Å². The van der Waals surface area contributed by atoms with Crippen molar-refractivity contribution in [1.82, 2.24) is 5.32 Å². The van der Waals surface area contributed by atoms with Crippen LogP contribution >= 0.6 is 0 Å². The predicted octanol–water partition coefficient (Wildman–Crippen LogP) is 1.60. The van der Waals surface area contributed by atoms with Crippen LogP contribution < -0.4 is 20.3 Å². The van der Waals surface area contributed by atoms with Crippen molar-refractivity contribution in [2.75, 3.05) is 29.4 Å². The van der Waals surface area contributed by atoms with Gasteiger partial charge >= 0.3 is 0 Å². The van der Waals surface area contributed by atoms with Crippen LogP contribution in [0.25, 0.3) is 0 Å². The van der Waals surface area contributed by atoms with Crippen LogP contribution in [0.15, 0.2) is 53.4 Å². The largest absolute Gasteiger partial charge is 0.372 e. The number of carbonyl (C=O) groups is 2. The second-order valence-electron chi connectivity index (χ2n) is 8.02. The molecule has 0 saturated carbocycles. The van der Waals surface area contributed by atoms with Gasteiger partial charge < -0.3 is 15.1 Å². The van der Waals surface area contributed by atoms with E-state index in [1.807, 2.05) is 24.3 Å². The zero-order valence-corrected chi connectivity index (χ0v) is 18.0. The van der Waals surface area contributed by atoms with Gasteiger partial charge in [-0.25, -0.2) is 13.6 Å². The molecule has 4 rings (SSSR count). The Balaban J connectivity index is 1.33. The predicted molar refractivity (Wildman–Crippen MR) is 118 cm³/mol. The van der Waals surface area contributed by atoms with E-state index in [9.17, 15) is 18.0 Å². The lowest BCUT2D eigenvalue weighted by Gasteiger charge is -2.20. The summed E-state index contributed by atoms with van der Waals surface area (Å²) in [7, 11) is -3.74. The third-order valence-electron chi connectivity index (χ3n) is 5.85. The quantitative estimate of drug-likeness (QED) is 0.706. The number of hydrogen-bond donors (Lipinski definition) is 2. The maximum absolute atomic E-state index is 12.6. The Bertz CT molecular complexity index is 1060. The first-order chi connectivity index (χ1) is 14.8. The highest BCUT2D eigenvalue weighted by Crippen LogP contribution is 2.28. The lowest BCUT2D eigenvalue weighted by Crippen LogP contribution is -2.32. The number of sulfonamides is 1. The maximum Gasteiger partial charge on any atom is 0.238 e. The SMILES string of the molecule is NS(=O)(=O)c1ccc(CNC(=O)C2CC(=O)N(c3ccc(N4CCCC4)cc3)C2)cc1. The fourth-order valence-electron chi connectivity index (χ4n) is 4.08. The van der Waals surface area contributed by atoms with Crippen molar-refractivity contribution in [3.05, 3.63) is 54.1 Å². The Morgan fingerprint density at radius 2 is 1.61 bits per heavy atom. The molecule has 3 N–H and O–H groups in total. The summed E-state index contributed by atoms with van der Waals surface area (Å²) in [5.74, 6) is -0.680. The molecular formula is C22H26N4O4S. The Morgan fingerprint density at radius 1 is 1.00 bits per heavy atom. The Labute approximate surface area is 182 Å². The summed E-state index contributed by atoms with van der Waals surface area (Å²) in [6.07, 6.45) is 2.59. The molecule has 8 nitrogen and oxygen atoms in total. The summed E-state index contributed by atoms with van der Waals surface area (Å²) in [6.45, 7) is 2.72. The molecule has 2 amide bonds. The molecule has 2 heterocycles. The number of hydrogen-bond acceptors (Lipinski definition) is 5. The highest BCUT2D eigenvalue weighted by molar-refractivity contribution is 7.89. The smallest absolute Gasteiger partial charge is 0.238 e. The van der Waals surface area contributed by atoms with E-state index in [0.29, 0.717) is 6.54 Å². The second-order valence-corrected chi connectivity index (χ2v) is 9.58. The molecule has 2 aliphatic heterocycles. The summed E-state index contributed by atoms with van der Waals surface area (Å²) >= 11 is 0. The van der Waals surface area contributed by atoms with E-state index in [-0.39, 0.29) is 29.7 Å². The van der Waals surface area contributed by atoms with Crippen LogP contribution in [0.1, 0.15) is 24.8 Å². The monoisotopic (exact) mass is 442 g/mol. The molecule has 2 aromatic carbocycles. The van der Waals surface area contributed by atoms with Gasteiger partial charge in [0.1, 0.15) is 0 Å². The summed E-state index contributed by atoms with van der Waals surface area (Å²) in [5.41, 5.74) is 2.72. The third-order valence-corrected chi connectivity index (χ3v) is 6.78. The van der Waals surface area contributed by atoms with E-state index < -0.39 is 15.9 Å². The number of nitrogens with one attached hydrogen (secondary N) is 1. The molecule has 0 radical (unpaired) electrons. The number of anilines is 2. The van der Waals surface area contributed by atoms with Gasteiger partial charge in [-0.15, -0.1) is 0 Å². The van der Waals surface area contributed by atoms with Gasteiger partial charge in [-0.1, -0.05) is 12.1 Å². The van der Waals surface area contributed by atoms with E-state index in [4.69, 9.17) is 5.14 Å². The third kappa shape index (κ3) is 4.88. The molecule has 0 aliphatic carbocycles. The molecule has 2 saturated heterocycles. The normalized spacial score (nSPS) is 19.1. The molecular weight excluding hydrogens is 416 g/mol. The average molecular weight is 443 g/mol. The van der Waals surface area contributed by atoms with Gasteiger partial charge in [0.05, 0.1) is 10.8 Å². The van der Waals surface area contributed by atoms with E-state index in [1.165, 1.54) is 25.0 Å². The number of nitrogens with zero attached hydrogens (tertiary/aromatic N) is 2. The second kappa shape index (κ2) is 8.68. The van der Waals surface area contributed by atoms with E-state index >= 15 is 0 Å². The van der Waals surface area contributed by atoms with Crippen LogP contribution in [0.2, 0.25) is 0 Å². The standard InChI is InChI=1S/C22H26N4O4S/c23-31(29,30)20-9-3-16(4-10-20)14-24-22(28)17-13-21(27)26(15-17)19-7-5-18(6-8-19)25-11-1-2-12-25/h3-10,17H,1-2,11-15H2,(H,24,28)(H2,23,29,30). The van der Waals surface area contributed by atoms with Crippen molar-refractivity contribution in [3.8, 4) is 0 Å². The van der Waals surface area contributed by atoms with Crippen LogP contribution in [0, 0.1) is 5.92 Å². The van der Waals surface area contributed by atoms with Gasteiger partial charge in [0, 0.05) is 44.0 Å². The van der Waals surface area contributed by atoms with Crippen molar-refractivity contribution in [1.29, 1.82) is 0 Å². The van der Waals surface area contributed by atoms with Crippen molar-refractivity contribution in [2.24, 2.45) is 11.1 Å². The summed E-state index contributed by atoms with van der Waals surface area (Å²) in [5, 5.41) is 7.92. The van der Waals surface area contributed by atoms with E-state index in [2.05, 4.69) is 10.2 Å². The molecule has 164 valence electrons. The van der Waals surface area contributed by atoms with Crippen LogP contribution in [0.3, 0.4) is 0 Å². The minimum atomic E-state index is -3.74. The molecule has 2 fully saturated rings. The number of nitrogens with two attached hydrogens (primary N) is 1. The molecule has 0 aromatic heterocycles. The topological polar surface area (TPSA) is 113 Å². The van der Waals surface area contributed by atoms with Crippen LogP contribution in [0.5, 0.6) is 0 Å². The van der Waals surface area contributed by atoms with Crippen LogP contribution in [-0.4, -0.2) is 39.9 Å². The maximum atomic E-state index is 12.6. The minimum absolute atomic E-state index is 0.0235. The molecule has 1 unspecified atom stereocenters. The molecule has 2 aromatic rings. The first-order valence-electron chi connectivity index (χ1n) is 10.4. The minimum Gasteiger partial charge on any atom is -0.372 e. The average Bonchev–Trinajstić information content (AvgIpc) is 3.42. The first-order valence-corrected chi connectivity index (χ1v) is 11.9. The number of rotatable bonds is 6. The first kappa shape index (κ1) is 21.3. The zero-order valence-electron chi connectivity index (χ0n) is 17.2. The van der Waals surface area contributed by atoms with Crippen molar-refractivity contribution in [3.63, 3.8) is 0 Å². The molecule has 2 aliphatic rings. The summed E-state index contributed by atoms with van der Waals surface area (Å²) in [6, 6.07) is 14.0. The van der Waals surface area contributed by atoms with E-state index in [1.54, 1.807) is 17.0 Å². The van der Waals surface area contributed by atoms with Crippen LogP contribution in [0.4, 0.5) is 11.4 Å². The fourth-order valence-corrected chi connectivity index (χ4v) is 4.60. The van der Waals surface area contributed by atoms with Crippen molar-refractivity contribution in [2.45, 2.75) is 30.7 Å². The number of primary sulfonamides is 1. The van der Waals surface area contributed by atoms with Gasteiger partial charge in [0.15, 0.2) is 0 Å². The highest BCUT2D eigenvalue weighted by atomic mass is 32.2. The molecule has 1 atom stereocenters. The molecule has 0 spiro atoms. The van der Waals surface area contributed by atoms with Gasteiger partial charge in [0.25, 0.3) is 0 Å². The lowest BCUT2D eigenvalue weighted by atomic mass is 10.1. The zero-order chi connectivity index (χ0) is 22.0. The van der Waals surface area contributed by atoms with Crippen LogP contribution in [-0.2, 0) is 26.2 Å². The summed E-state index contributed by atoms with van der Waals surface area (Å²) in [4.78, 5) is 29.1. The Morgan fingerprint density at radius 3 is 2.23 bits per heavy atom. The van der Waals surface area contributed by atoms with Crippen molar-refractivity contribution >= 4 is 33.2 Å². The fraction of sp³-hybridized carbons (Fsp3) is 0.364. The molecule has 31 heavy (non-hydrogen) atoms.